The summed E-state index contributed by atoms with van der Waals surface area (Å²) in [5.41, 5.74) is 0. The molecule has 0 atom stereocenters. The normalized spacial score (nSPS) is 10.3. The van der Waals surface area contributed by atoms with Crippen molar-refractivity contribution in [3.63, 3.8) is 0 Å². The molecule has 0 bridgehead atoms. The van der Waals surface area contributed by atoms with Crippen LogP contribution in [0.2, 0.25) is 0 Å². The first-order valence-corrected chi connectivity index (χ1v) is 4.74. The van der Waals surface area contributed by atoms with E-state index in [0.29, 0.717) is 13.1 Å². The SMILES string of the molecule is CCN(CC)C(=O)CN(C)C(=O)C(F)F. The highest BCUT2D eigenvalue weighted by Crippen LogP contribution is 1.99. The molecular weight excluding hydrogens is 206 g/mol. The molecular formula is C9H16F2N2O2. The Morgan fingerprint density at radius 3 is 2.00 bits per heavy atom. The van der Waals surface area contributed by atoms with Crippen LogP contribution < -0.4 is 0 Å². The summed E-state index contributed by atoms with van der Waals surface area (Å²) in [4.78, 5) is 24.4. The molecule has 0 aromatic heterocycles. The highest BCUT2D eigenvalue weighted by molar-refractivity contribution is 5.86. The van der Waals surface area contributed by atoms with Crippen molar-refractivity contribution in [2.24, 2.45) is 0 Å². The van der Waals surface area contributed by atoms with Crippen molar-refractivity contribution in [2.45, 2.75) is 20.3 Å². The Morgan fingerprint density at radius 1 is 1.20 bits per heavy atom. The fraction of sp³-hybridized carbons (Fsp3) is 0.778. The largest absolute Gasteiger partial charge is 0.342 e. The van der Waals surface area contributed by atoms with Crippen LogP contribution in [0.5, 0.6) is 0 Å². The van der Waals surface area contributed by atoms with Crippen LogP contribution in [0.1, 0.15) is 13.8 Å². The summed E-state index contributed by atoms with van der Waals surface area (Å²) in [6, 6.07) is 0. The van der Waals surface area contributed by atoms with Crippen LogP contribution in [0.4, 0.5) is 8.78 Å². The molecule has 0 fully saturated rings. The Morgan fingerprint density at radius 2 is 1.67 bits per heavy atom. The zero-order valence-corrected chi connectivity index (χ0v) is 9.17. The summed E-state index contributed by atoms with van der Waals surface area (Å²) in [5.74, 6) is -1.65. The molecule has 0 spiro atoms. The van der Waals surface area contributed by atoms with Crippen molar-refractivity contribution in [1.82, 2.24) is 9.80 Å². The first-order valence-electron chi connectivity index (χ1n) is 4.74. The molecule has 0 rings (SSSR count). The lowest BCUT2D eigenvalue weighted by molar-refractivity contribution is -0.146. The van der Waals surface area contributed by atoms with Crippen LogP contribution in [0.25, 0.3) is 0 Å². The van der Waals surface area contributed by atoms with E-state index >= 15 is 0 Å². The Bertz CT molecular complexity index is 230. The third-order valence-electron chi connectivity index (χ3n) is 2.05. The van der Waals surface area contributed by atoms with Gasteiger partial charge in [-0.25, -0.2) is 0 Å². The van der Waals surface area contributed by atoms with E-state index in [1.54, 1.807) is 13.8 Å². The van der Waals surface area contributed by atoms with E-state index in [1.807, 2.05) is 0 Å². The molecule has 15 heavy (non-hydrogen) atoms. The number of halogens is 2. The van der Waals surface area contributed by atoms with Gasteiger partial charge in [-0.15, -0.1) is 0 Å². The quantitative estimate of drug-likeness (QED) is 0.682. The van der Waals surface area contributed by atoms with E-state index in [-0.39, 0.29) is 12.5 Å². The van der Waals surface area contributed by atoms with Gasteiger partial charge in [-0.05, 0) is 13.8 Å². The van der Waals surface area contributed by atoms with Gasteiger partial charge in [0.25, 0.3) is 5.91 Å². The number of nitrogens with zero attached hydrogens (tertiary/aromatic N) is 2. The molecule has 0 N–H and O–H groups in total. The number of hydrogen-bond donors (Lipinski definition) is 0. The van der Waals surface area contributed by atoms with E-state index in [0.717, 1.165) is 4.90 Å². The second-order valence-electron chi connectivity index (χ2n) is 3.06. The number of alkyl halides is 2. The maximum absolute atomic E-state index is 12.0. The lowest BCUT2D eigenvalue weighted by atomic mass is 10.4. The highest BCUT2D eigenvalue weighted by atomic mass is 19.3. The first kappa shape index (κ1) is 13.8. The fourth-order valence-electron chi connectivity index (χ4n) is 1.12. The number of rotatable bonds is 5. The average molecular weight is 222 g/mol. The fourth-order valence-corrected chi connectivity index (χ4v) is 1.12. The van der Waals surface area contributed by atoms with Gasteiger partial charge in [0.05, 0.1) is 6.54 Å². The topological polar surface area (TPSA) is 40.6 Å². The van der Waals surface area contributed by atoms with Gasteiger partial charge in [-0.1, -0.05) is 0 Å². The molecule has 0 aliphatic carbocycles. The standard InChI is InChI=1S/C9H16F2N2O2/c1-4-13(5-2)7(14)6-12(3)9(15)8(10)11/h8H,4-6H2,1-3H3. The first-order chi connectivity index (χ1) is 6.93. The van der Waals surface area contributed by atoms with Crippen LogP contribution in [0, 0.1) is 0 Å². The van der Waals surface area contributed by atoms with E-state index in [9.17, 15) is 18.4 Å². The molecule has 0 aromatic rings. The van der Waals surface area contributed by atoms with E-state index in [4.69, 9.17) is 0 Å². The third-order valence-corrected chi connectivity index (χ3v) is 2.05. The summed E-state index contributed by atoms with van der Waals surface area (Å²) < 4.78 is 24.0. The molecule has 0 aliphatic rings. The molecule has 0 radical (unpaired) electrons. The molecule has 2 amide bonds. The summed E-state index contributed by atoms with van der Waals surface area (Å²) >= 11 is 0. The predicted molar refractivity (Wildman–Crippen MR) is 51.6 cm³/mol. The number of carbonyl (C=O) groups is 2. The van der Waals surface area contributed by atoms with Gasteiger partial charge < -0.3 is 9.80 Å². The van der Waals surface area contributed by atoms with Gasteiger partial charge in [0.2, 0.25) is 5.91 Å². The summed E-state index contributed by atoms with van der Waals surface area (Å²) in [6.07, 6.45) is -3.06. The van der Waals surface area contributed by atoms with Crippen LogP contribution in [0.3, 0.4) is 0 Å². The summed E-state index contributed by atoms with van der Waals surface area (Å²) in [5, 5.41) is 0. The van der Waals surface area contributed by atoms with Crippen molar-refractivity contribution in [1.29, 1.82) is 0 Å². The van der Waals surface area contributed by atoms with Crippen molar-refractivity contribution in [3.05, 3.63) is 0 Å². The Labute approximate surface area is 87.8 Å². The Kier molecular flexibility index (Phi) is 5.81. The molecule has 0 saturated heterocycles. The van der Waals surface area contributed by atoms with Gasteiger partial charge in [0.1, 0.15) is 0 Å². The van der Waals surface area contributed by atoms with Crippen LogP contribution in [-0.4, -0.2) is 54.7 Å². The van der Waals surface area contributed by atoms with Crippen molar-refractivity contribution in [2.75, 3.05) is 26.7 Å². The Balaban J connectivity index is 4.23. The van der Waals surface area contributed by atoms with E-state index in [2.05, 4.69) is 0 Å². The molecule has 0 saturated carbocycles. The van der Waals surface area contributed by atoms with Crippen molar-refractivity contribution < 1.29 is 18.4 Å². The van der Waals surface area contributed by atoms with Gasteiger partial charge >= 0.3 is 6.43 Å². The zero-order valence-electron chi connectivity index (χ0n) is 9.17. The van der Waals surface area contributed by atoms with Crippen molar-refractivity contribution >= 4 is 11.8 Å². The minimum absolute atomic E-state index is 0.301. The lowest BCUT2D eigenvalue weighted by Gasteiger charge is -2.22. The van der Waals surface area contributed by atoms with E-state index in [1.165, 1.54) is 11.9 Å². The number of hydrogen-bond acceptors (Lipinski definition) is 2. The molecule has 0 aromatic carbocycles. The maximum atomic E-state index is 12.0. The van der Waals surface area contributed by atoms with Gasteiger partial charge in [0, 0.05) is 20.1 Å². The van der Waals surface area contributed by atoms with Gasteiger partial charge in [-0.3, -0.25) is 9.59 Å². The molecule has 0 aliphatic heterocycles. The second-order valence-corrected chi connectivity index (χ2v) is 3.06. The van der Waals surface area contributed by atoms with Crippen LogP contribution in [-0.2, 0) is 9.59 Å². The predicted octanol–water partition coefficient (Wildman–Crippen LogP) is 0.578. The molecule has 0 unspecified atom stereocenters. The zero-order chi connectivity index (χ0) is 12.0. The smallest absolute Gasteiger partial charge is 0.315 e. The molecule has 4 nitrogen and oxygen atoms in total. The monoisotopic (exact) mass is 222 g/mol. The van der Waals surface area contributed by atoms with Gasteiger partial charge in [0.15, 0.2) is 0 Å². The third kappa shape index (κ3) is 4.22. The lowest BCUT2D eigenvalue weighted by Crippen LogP contribution is -2.42. The van der Waals surface area contributed by atoms with Crippen molar-refractivity contribution in [3.8, 4) is 0 Å². The second kappa shape index (κ2) is 6.31. The van der Waals surface area contributed by atoms with Crippen LogP contribution >= 0.6 is 0 Å². The number of amides is 2. The summed E-state index contributed by atoms with van der Waals surface area (Å²) in [7, 11) is 1.19. The summed E-state index contributed by atoms with van der Waals surface area (Å²) in [6.45, 7) is 4.29. The van der Waals surface area contributed by atoms with E-state index < -0.39 is 12.3 Å². The number of carbonyl (C=O) groups excluding carboxylic acids is 2. The minimum Gasteiger partial charge on any atom is -0.342 e. The molecule has 6 heteroatoms. The molecule has 0 heterocycles. The molecule has 88 valence electrons. The average Bonchev–Trinajstić information content (AvgIpc) is 2.18. The maximum Gasteiger partial charge on any atom is 0.315 e. The van der Waals surface area contributed by atoms with Gasteiger partial charge in [-0.2, -0.15) is 8.78 Å². The minimum atomic E-state index is -3.06. The number of likely N-dealkylation sites (N-methyl/N-ethyl adjacent to an activating group) is 2. The Hall–Kier alpha value is -1.20. The highest BCUT2D eigenvalue weighted by Gasteiger charge is 2.23. The van der Waals surface area contributed by atoms with Crippen LogP contribution in [0.15, 0.2) is 0 Å².